The Hall–Kier alpha value is -0.940. The van der Waals surface area contributed by atoms with E-state index in [0.29, 0.717) is 10.0 Å². The molecule has 0 aliphatic carbocycles. The number of nitrogens with zero attached hydrogens (tertiary/aromatic N) is 1. The van der Waals surface area contributed by atoms with E-state index in [4.69, 9.17) is 28.9 Å². The number of hydrogen-bond donors (Lipinski definition) is 1. The molecule has 102 valence electrons. The molecule has 1 heterocycles. The van der Waals surface area contributed by atoms with Gasteiger partial charge in [-0.05, 0) is 37.3 Å². The molecule has 3 aromatic rings. The Labute approximate surface area is 134 Å². The number of hydrogen-bond acceptors (Lipinski definition) is 4. The van der Waals surface area contributed by atoms with Gasteiger partial charge in [0.1, 0.15) is 0 Å². The number of halogens is 2. The molecule has 6 heteroatoms. The fourth-order valence-electron chi connectivity index (χ4n) is 1.84. The van der Waals surface area contributed by atoms with E-state index in [1.54, 1.807) is 29.2 Å². The van der Waals surface area contributed by atoms with Crippen LogP contribution in [0.4, 0.5) is 5.69 Å². The van der Waals surface area contributed by atoms with Gasteiger partial charge in [-0.15, -0.1) is 11.3 Å². The van der Waals surface area contributed by atoms with Crippen molar-refractivity contribution in [1.29, 1.82) is 0 Å². The molecule has 0 spiro atoms. The van der Waals surface area contributed by atoms with Crippen LogP contribution in [0.15, 0.2) is 40.1 Å². The molecular weight excluding hydrogens is 331 g/mol. The SMILES string of the molecule is Cc1nc2cc(Sc3ccc(Cl)c(Cl)c3)c(N)cc2s1. The number of thiazole rings is 1. The molecule has 0 atom stereocenters. The maximum absolute atomic E-state index is 6.11. The third-order valence-corrected chi connectivity index (χ3v) is 5.48. The van der Waals surface area contributed by atoms with Crippen LogP contribution in [0.1, 0.15) is 5.01 Å². The van der Waals surface area contributed by atoms with Crippen LogP contribution < -0.4 is 5.73 Å². The first-order valence-electron chi connectivity index (χ1n) is 5.82. The number of aryl methyl sites for hydroxylation is 1. The summed E-state index contributed by atoms with van der Waals surface area (Å²) in [7, 11) is 0. The second-order valence-corrected chi connectivity index (χ2v) is 7.43. The van der Waals surface area contributed by atoms with Gasteiger partial charge in [0.15, 0.2) is 0 Å². The first-order valence-corrected chi connectivity index (χ1v) is 8.21. The van der Waals surface area contributed by atoms with Gasteiger partial charge in [-0.2, -0.15) is 0 Å². The van der Waals surface area contributed by atoms with E-state index in [-0.39, 0.29) is 0 Å². The number of nitrogen functional groups attached to an aromatic ring is 1. The first kappa shape index (κ1) is 14.0. The van der Waals surface area contributed by atoms with Crippen molar-refractivity contribution in [1.82, 2.24) is 4.98 Å². The van der Waals surface area contributed by atoms with Crippen LogP contribution in [0.2, 0.25) is 10.0 Å². The Kier molecular flexibility index (Phi) is 3.82. The van der Waals surface area contributed by atoms with Gasteiger partial charge in [0.05, 0.1) is 25.3 Å². The lowest BCUT2D eigenvalue weighted by atomic mass is 10.3. The maximum Gasteiger partial charge on any atom is 0.0907 e. The largest absolute Gasteiger partial charge is 0.398 e. The van der Waals surface area contributed by atoms with Crippen LogP contribution in [0.5, 0.6) is 0 Å². The van der Waals surface area contributed by atoms with E-state index < -0.39 is 0 Å². The lowest BCUT2D eigenvalue weighted by Gasteiger charge is -2.06. The number of benzene rings is 2. The van der Waals surface area contributed by atoms with Crippen LogP contribution in [0, 0.1) is 6.92 Å². The van der Waals surface area contributed by atoms with Crippen molar-refractivity contribution in [2.45, 2.75) is 16.7 Å². The van der Waals surface area contributed by atoms with Crippen LogP contribution in [-0.4, -0.2) is 4.98 Å². The summed E-state index contributed by atoms with van der Waals surface area (Å²) >= 11 is 15.2. The van der Waals surface area contributed by atoms with Gasteiger partial charge >= 0.3 is 0 Å². The van der Waals surface area contributed by atoms with Gasteiger partial charge in [-0.1, -0.05) is 35.0 Å². The average Bonchev–Trinajstić information content (AvgIpc) is 2.73. The van der Waals surface area contributed by atoms with Crippen LogP contribution in [-0.2, 0) is 0 Å². The lowest BCUT2D eigenvalue weighted by molar-refractivity contribution is 1.33. The molecule has 0 bridgehead atoms. The molecule has 2 nitrogen and oxygen atoms in total. The lowest BCUT2D eigenvalue weighted by Crippen LogP contribution is -1.88. The molecule has 2 aromatic carbocycles. The smallest absolute Gasteiger partial charge is 0.0907 e. The fraction of sp³-hybridized carbons (Fsp3) is 0.0714. The third-order valence-electron chi connectivity index (χ3n) is 2.75. The monoisotopic (exact) mass is 340 g/mol. The predicted octanol–water partition coefficient (Wildman–Crippen LogP) is 5.64. The van der Waals surface area contributed by atoms with E-state index >= 15 is 0 Å². The Balaban J connectivity index is 2.00. The van der Waals surface area contributed by atoms with Crippen molar-refractivity contribution in [3.8, 4) is 0 Å². The summed E-state index contributed by atoms with van der Waals surface area (Å²) in [5, 5.41) is 2.13. The zero-order chi connectivity index (χ0) is 14.3. The number of nitrogens with two attached hydrogens (primary N) is 1. The van der Waals surface area contributed by atoms with Crippen molar-refractivity contribution < 1.29 is 0 Å². The average molecular weight is 341 g/mol. The third kappa shape index (κ3) is 2.74. The highest BCUT2D eigenvalue weighted by atomic mass is 35.5. The number of aromatic nitrogens is 1. The highest BCUT2D eigenvalue weighted by molar-refractivity contribution is 7.99. The molecule has 2 N–H and O–H groups in total. The predicted molar refractivity (Wildman–Crippen MR) is 89.4 cm³/mol. The van der Waals surface area contributed by atoms with Crippen LogP contribution in [0.3, 0.4) is 0 Å². The van der Waals surface area contributed by atoms with Gasteiger partial charge in [-0.3, -0.25) is 0 Å². The summed E-state index contributed by atoms with van der Waals surface area (Å²) in [6, 6.07) is 9.54. The summed E-state index contributed by atoms with van der Waals surface area (Å²) in [5.41, 5.74) is 7.83. The second-order valence-electron chi connectivity index (χ2n) is 4.27. The minimum absolute atomic E-state index is 0.542. The van der Waals surface area contributed by atoms with Gasteiger partial charge in [-0.25, -0.2) is 4.98 Å². The van der Waals surface area contributed by atoms with Gasteiger partial charge in [0.2, 0.25) is 0 Å². The zero-order valence-corrected chi connectivity index (χ0v) is 13.6. The first-order chi connectivity index (χ1) is 9.52. The molecule has 0 aliphatic heterocycles. The summed E-state index contributed by atoms with van der Waals surface area (Å²) in [6.45, 7) is 1.99. The minimum Gasteiger partial charge on any atom is -0.398 e. The quantitative estimate of drug-likeness (QED) is 0.613. The molecule has 1 aromatic heterocycles. The fourth-order valence-corrected chi connectivity index (χ4v) is 3.98. The van der Waals surface area contributed by atoms with Gasteiger partial charge < -0.3 is 5.73 Å². The highest BCUT2D eigenvalue weighted by Gasteiger charge is 2.09. The Bertz CT molecular complexity index is 799. The summed E-state index contributed by atoms with van der Waals surface area (Å²) in [6.07, 6.45) is 0. The van der Waals surface area contributed by atoms with E-state index in [0.717, 1.165) is 30.7 Å². The number of rotatable bonds is 2. The number of anilines is 1. The van der Waals surface area contributed by atoms with E-state index in [9.17, 15) is 0 Å². The standard InChI is InChI=1S/C14H10Cl2N2S2/c1-7-18-12-6-13(11(17)5-14(12)19-7)20-8-2-3-9(15)10(16)4-8/h2-6H,17H2,1H3. The Morgan fingerprint density at radius 2 is 1.95 bits per heavy atom. The van der Waals surface area contributed by atoms with Gasteiger partial charge in [0, 0.05) is 15.5 Å². The maximum atomic E-state index is 6.11. The molecule has 0 saturated heterocycles. The minimum atomic E-state index is 0.542. The molecule has 20 heavy (non-hydrogen) atoms. The van der Waals surface area contributed by atoms with Crippen molar-refractivity contribution in [3.63, 3.8) is 0 Å². The molecular formula is C14H10Cl2N2S2. The molecule has 0 saturated carbocycles. The van der Waals surface area contributed by atoms with Gasteiger partial charge in [0.25, 0.3) is 0 Å². The zero-order valence-electron chi connectivity index (χ0n) is 10.5. The van der Waals surface area contributed by atoms with Crippen molar-refractivity contribution >= 4 is 62.2 Å². The number of fused-ring (bicyclic) bond motifs is 1. The van der Waals surface area contributed by atoms with Crippen molar-refractivity contribution in [3.05, 3.63) is 45.4 Å². The molecule has 0 unspecified atom stereocenters. The van der Waals surface area contributed by atoms with E-state index in [1.165, 1.54) is 0 Å². The summed E-state index contributed by atoms with van der Waals surface area (Å²) in [5.74, 6) is 0. The molecule has 0 radical (unpaired) electrons. The molecule has 0 aliphatic rings. The van der Waals surface area contributed by atoms with Crippen LogP contribution >= 0.6 is 46.3 Å². The summed E-state index contributed by atoms with van der Waals surface area (Å²) < 4.78 is 1.11. The Morgan fingerprint density at radius 3 is 2.70 bits per heavy atom. The summed E-state index contributed by atoms with van der Waals surface area (Å²) in [4.78, 5) is 6.46. The Morgan fingerprint density at radius 1 is 1.15 bits per heavy atom. The second kappa shape index (κ2) is 5.45. The topological polar surface area (TPSA) is 38.9 Å². The normalized spacial score (nSPS) is 11.2. The van der Waals surface area contributed by atoms with Crippen LogP contribution in [0.25, 0.3) is 10.2 Å². The van der Waals surface area contributed by atoms with Crippen molar-refractivity contribution in [2.24, 2.45) is 0 Å². The molecule has 3 rings (SSSR count). The van der Waals surface area contributed by atoms with E-state index in [1.807, 2.05) is 31.2 Å². The highest BCUT2D eigenvalue weighted by Crippen LogP contribution is 2.38. The molecule has 0 amide bonds. The molecule has 0 fully saturated rings. The van der Waals surface area contributed by atoms with Crippen molar-refractivity contribution in [2.75, 3.05) is 5.73 Å². The van der Waals surface area contributed by atoms with E-state index in [2.05, 4.69) is 4.98 Å².